The molecule has 1 unspecified atom stereocenters. The van der Waals surface area contributed by atoms with Crippen LogP contribution in [0.4, 0.5) is 5.69 Å². The molecule has 1 saturated heterocycles. The van der Waals surface area contributed by atoms with Gasteiger partial charge in [0, 0.05) is 44.0 Å². The summed E-state index contributed by atoms with van der Waals surface area (Å²) in [6, 6.07) is 23.7. The summed E-state index contributed by atoms with van der Waals surface area (Å²) in [6.45, 7) is 5.32. The summed E-state index contributed by atoms with van der Waals surface area (Å²) < 4.78 is 20.1. The van der Waals surface area contributed by atoms with Gasteiger partial charge in [0.05, 0.1) is 18.1 Å². The summed E-state index contributed by atoms with van der Waals surface area (Å²) in [5.74, 6) is -0.173. The van der Waals surface area contributed by atoms with Crippen LogP contribution in [0.2, 0.25) is 0 Å². The lowest BCUT2D eigenvalue weighted by molar-refractivity contribution is 0.0752. The Kier molecular flexibility index (Phi) is 7.16. The third kappa shape index (κ3) is 5.45. The van der Waals surface area contributed by atoms with Crippen LogP contribution >= 0.6 is 0 Å². The first-order chi connectivity index (χ1) is 16.7. The van der Waals surface area contributed by atoms with E-state index < -0.39 is 11.0 Å². The topological polar surface area (TPSA) is 61.9 Å². The van der Waals surface area contributed by atoms with Gasteiger partial charge in [-0.2, -0.15) is 0 Å². The van der Waals surface area contributed by atoms with E-state index in [0.29, 0.717) is 42.4 Å². The maximum absolute atomic E-state index is 12.8. The molecular weight excluding hydrogens is 446 g/mol. The SMILES string of the molecule is O=C(Nc1cccc(S(=O)N2CCOCC2)c1)c1ccc(CN2CCc3ccccc3C2)cc1. The Morgan fingerprint density at radius 1 is 0.912 bits per heavy atom. The van der Waals surface area contributed by atoms with Crippen molar-refractivity contribution in [2.45, 2.75) is 24.4 Å². The molecule has 1 fully saturated rings. The van der Waals surface area contributed by atoms with Crippen LogP contribution in [0.3, 0.4) is 0 Å². The van der Waals surface area contributed by atoms with Gasteiger partial charge in [-0.05, 0) is 53.4 Å². The van der Waals surface area contributed by atoms with Gasteiger partial charge in [-0.25, -0.2) is 8.51 Å². The maximum Gasteiger partial charge on any atom is 0.255 e. The molecule has 0 aromatic heterocycles. The van der Waals surface area contributed by atoms with Gasteiger partial charge in [0.1, 0.15) is 11.0 Å². The molecule has 7 heteroatoms. The summed E-state index contributed by atoms with van der Waals surface area (Å²) in [6.07, 6.45) is 1.08. The fourth-order valence-electron chi connectivity index (χ4n) is 4.46. The number of hydrogen-bond acceptors (Lipinski definition) is 4. The largest absolute Gasteiger partial charge is 0.379 e. The van der Waals surface area contributed by atoms with E-state index in [9.17, 15) is 9.00 Å². The second-order valence-electron chi connectivity index (χ2n) is 8.70. The molecule has 0 saturated carbocycles. The molecule has 0 bridgehead atoms. The van der Waals surface area contributed by atoms with Gasteiger partial charge < -0.3 is 10.1 Å². The van der Waals surface area contributed by atoms with Crippen molar-refractivity contribution in [2.24, 2.45) is 0 Å². The summed E-state index contributed by atoms with van der Waals surface area (Å²) in [7, 11) is -1.26. The number of rotatable bonds is 6. The molecule has 34 heavy (non-hydrogen) atoms. The van der Waals surface area contributed by atoms with Crippen molar-refractivity contribution in [3.05, 3.63) is 95.1 Å². The first kappa shape index (κ1) is 22.9. The van der Waals surface area contributed by atoms with E-state index in [1.54, 1.807) is 6.07 Å². The average molecular weight is 476 g/mol. The first-order valence-corrected chi connectivity index (χ1v) is 12.8. The fourth-order valence-corrected chi connectivity index (χ4v) is 5.66. The van der Waals surface area contributed by atoms with Crippen LogP contribution in [0.5, 0.6) is 0 Å². The lowest BCUT2D eigenvalue weighted by atomic mass is 9.99. The number of nitrogens with zero attached hydrogens (tertiary/aromatic N) is 2. The zero-order chi connectivity index (χ0) is 23.3. The van der Waals surface area contributed by atoms with E-state index in [2.05, 4.69) is 34.5 Å². The third-order valence-electron chi connectivity index (χ3n) is 6.33. The van der Waals surface area contributed by atoms with Gasteiger partial charge in [0.2, 0.25) is 0 Å². The van der Waals surface area contributed by atoms with Crippen LogP contribution in [0.1, 0.15) is 27.0 Å². The van der Waals surface area contributed by atoms with Gasteiger partial charge in [-0.3, -0.25) is 9.69 Å². The first-order valence-electron chi connectivity index (χ1n) is 11.7. The Morgan fingerprint density at radius 2 is 1.68 bits per heavy atom. The Morgan fingerprint density at radius 3 is 2.47 bits per heavy atom. The number of anilines is 1. The number of hydrogen-bond donors (Lipinski definition) is 1. The normalized spacial score (nSPS) is 17.6. The quantitative estimate of drug-likeness (QED) is 0.588. The molecule has 0 spiro atoms. The number of morpholine rings is 1. The molecule has 2 heterocycles. The van der Waals surface area contributed by atoms with Gasteiger partial charge in [0.15, 0.2) is 0 Å². The van der Waals surface area contributed by atoms with Crippen molar-refractivity contribution in [1.29, 1.82) is 0 Å². The molecule has 1 atom stereocenters. The third-order valence-corrected chi connectivity index (χ3v) is 7.82. The monoisotopic (exact) mass is 475 g/mol. The molecule has 3 aromatic carbocycles. The predicted octanol–water partition coefficient (Wildman–Crippen LogP) is 3.85. The van der Waals surface area contributed by atoms with Crippen LogP contribution in [-0.2, 0) is 35.2 Å². The molecule has 176 valence electrons. The van der Waals surface area contributed by atoms with Gasteiger partial charge in [-0.1, -0.05) is 42.5 Å². The zero-order valence-corrected chi connectivity index (χ0v) is 19.9. The molecule has 5 rings (SSSR count). The van der Waals surface area contributed by atoms with E-state index in [1.165, 1.54) is 16.7 Å². The zero-order valence-electron chi connectivity index (χ0n) is 19.1. The Hall–Kier alpha value is -2.84. The van der Waals surface area contributed by atoms with Crippen molar-refractivity contribution >= 4 is 22.6 Å². The Bertz CT molecular complexity index is 1180. The average Bonchev–Trinajstić information content (AvgIpc) is 2.89. The van der Waals surface area contributed by atoms with Gasteiger partial charge >= 0.3 is 0 Å². The fraction of sp³-hybridized carbons (Fsp3) is 0.296. The molecular formula is C27H29N3O3S. The van der Waals surface area contributed by atoms with Gasteiger partial charge in [-0.15, -0.1) is 0 Å². The highest BCUT2D eigenvalue weighted by Crippen LogP contribution is 2.21. The standard InChI is InChI=1S/C27H29N3O3S/c31-27(28-25-6-3-7-26(18-25)34(32)30-14-16-33-17-15-30)23-10-8-21(9-11-23)19-29-13-12-22-4-1-2-5-24(22)20-29/h1-11,18H,12-17,19-20H2,(H,28,31). The number of amides is 1. The summed E-state index contributed by atoms with van der Waals surface area (Å²) >= 11 is 0. The van der Waals surface area contributed by atoms with E-state index in [0.717, 1.165) is 26.1 Å². The van der Waals surface area contributed by atoms with Crippen molar-refractivity contribution < 1.29 is 13.7 Å². The molecule has 1 amide bonds. The number of carbonyl (C=O) groups is 1. The van der Waals surface area contributed by atoms with Crippen LogP contribution in [0.15, 0.2) is 77.7 Å². The second kappa shape index (κ2) is 10.6. The molecule has 1 N–H and O–H groups in total. The number of carbonyl (C=O) groups excluding carboxylic acids is 1. The molecule has 0 aliphatic carbocycles. The van der Waals surface area contributed by atoms with Crippen molar-refractivity contribution in [1.82, 2.24) is 9.21 Å². The molecule has 3 aromatic rings. The lowest BCUT2D eigenvalue weighted by Gasteiger charge is -2.28. The lowest BCUT2D eigenvalue weighted by Crippen LogP contribution is -2.37. The maximum atomic E-state index is 12.8. The van der Waals surface area contributed by atoms with Crippen molar-refractivity contribution in [3.63, 3.8) is 0 Å². The number of benzene rings is 3. The molecule has 2 aliphatic rings. The molecule has 6 nitrogen and oxygen atoms in total. The second-order valence-corrected chi connectivity index (χ2v) is 10.2. The van der Waals surface area contributed by atoms with Crippen molar-refractivity contribution in [2.75, 3.05) is 38.2 Å². The minimum atomic E-state index is -1.26. The highest BCUT2D eigenvalue weighted by molar-refractivity contribution is 7.82. The van der Waals surface area contributed by atoms with E-state index >= 15 is 0 Å². The summed E-state index contributed by atoms with van der Waals surface area (Å²) in [4.78, 5) is 15.9. The highest BCUT2D eigenvalue weighted by Gasteiger charge is 2.19. The van der Waals surface area contributed by atoms with Crippen LogP contribution in [-0.4, -0.2) is 52.2 Å². The van der Waals surface area contributed by atoms with Crippen molar-refractivity contribution in [3.8, 4) is 0 Å². The van der Waals surface area contributed by atoms with Crippen LogP contribution in [0.25, 0.3) is 0 Å². The Labute approximate surface area is 203 Å². The van der Waals surface area contributed by atoms with E-state index in [-0.39, 0.29) is 5.91 Å². The van der Waals surface area contributed by atoms with E-state index in [1.807, 2.05) is 46.8 Å². The summed E-state index contributed by atoms with van der Waals surface area (Å²) in [5.41, 5.74) is 5.29. The minimum absolute atomic E-state index is 0.173. The molecule has 2 aliphatic heterocycles. The number of fused-ring (bicyclic) bond motifs is 1. The van der Waals surface area contributed by atoms with Crippen LogP contribution in [0, 0.1) is 0 Å². The minimum Gasteiger partial charge on any atom is -0.379 e. The Balaban J connectivity index is 1.19. The summed E-state index contributed by atoms with van der Waals surface area (Å²) in [5, 5.41) is 2.94. The number of ether oxygens (including phenoxy) is 1. The highest BCUT2D eigenvalue weighted by atomic mass is 32.2. The van der Waals surface area contributed by atoms with E-state index in [4.69, 9.17) is 4.74 Å². The predicted molar refractivity (Wildman–Crippen MR) is 134 cm³/mol. The van der Waals surface area contributed by atoms with Gasteiger partial charge in [0.25, 0.3) is 5.91 Å². The smallest absolute Gasteiger partial charge is 0.255 e. The number of nitrogens with one attached hydrogen (secondary N) is 1. The van der Waals surface area contributed by atoms with Crippen LogP contribution < -0.4 is 5.32 Å². The molecule has 0 radical (unpaired) electrons.